The molecule has 0 saturated carbocycles. The number of pyridine rings is 1. The maximum absolute atomic E-state index is 13.4. The third-order valence-corrected chi connectivity index (χ3v) is 6.18. The first-order valence-electron chi connectivity index (χ1n) is 11.3. The maximum Gasteiger partial charge on any atom is 0.417 e. The fraction of sp³-hybridized carbons (Fsp3) is 0.417. The van der Waals surface area contributed by atoms with Crippen LogP contribution in [0.2, 0.25) is 0 Å². The third-order valence-electron chi connectivity index (χ3n) is 6.18. The summed E-state index contributed by atoms with van der Waals surface area (Å²) >= 11 is 0. The average Bonchev–Trinajstić information content (AvgIpc) is 3.25. The zero-order valence-electron chi connectivity index (χ0n) is 19.2. The van der Waals surface area contributed by atoms with Gasteiger partial charge in [0.2, 0.25) is 5.91 Å². The second kappa shape index (κ2) is 9.63. The molecule has 3 aromatic rings. The summed E-state index contributed by atoms with van der Waals surface area (Å²) in [5.41, 5.74) is -0.280. The molecule has 1 aliphatic rings. The highest BCUT2D eigenvalue weighted by molar-refractivity contribution is 5.97. The highest BCUT2D eigenvalue weighted by atomic mass is 19.4. The number of aromatic nitrogens is 3. The Morgan fingerprint density at radius 2 is 1.80 bits per heavy atom. The number of amides is 2. The Kier molecular flexibility index (Phi) is 6.77. The molecular formula is C24H25F4N5O2. The molecule has 0 bridgehead atoms. The van der Waals surface area contributed by atoms with Crippen LogP contribution in [0.5, 0.6) is 0 Å². The summed E-state index contributed by atoms with van der Waals surface area (Å²) in [6.45, 7) is 4.31. The van der Waals surface area contributed by atoms with Crippen molar-refractivity contribution < 1.29 is 27.2 Å². The number of alkyl halides is 3. The van der Waals surface area contributed by atoms with Gasteiger partial charge >= 0.3 is 6.18 Å². The van der Waals surface area contributed by atoms with E-state index in [4.69, 9.17) is 0 Å². The summed E-state index contributed by atoms with van der Waals surface area (Å²) in [6.07, 6.45) is -2.26. The molecule has 7 nitrogen and oxygen atoms in total. The average molecular weight is 491 g/mol. The largest absolute Gasteiger partial charge is 0.417 e. The molecular weight excluding hydrogens is 466 g/mol. The molecule has 4 rings (SSSR count). The summed E-state index contributed by atoms with van der Waals surface area (Å²) in [4.78, 5) is 27.6. The number of benzene rings is 1. The number of nitrogens with zero attached hydrogens (tertiary/aromatic N) is 4. The van der Waals surface area contributed by atoms with Crippen LogP contribution in [0.3, 0.4) is 0 Å². The predicted molar refractivity (Wildman–Crippen MR) is 119 cm³/mol. The van der Waals surface area contributed by atoms with Crippen LogP contribution in [-0.4, -0.2) is 50.4 Å². The zero-order chi connectivity index (χ0) is 25.3. The van der Waals surface area contributed by atoms with Crippen LogP contribution in [0.1, 0.15) is 54.4 Å². The highest BCUT2D eigenvalue weighted by Crippen LogP contribution is 2.31. The van der Waals surface area contributed by atoms with E-state index in [1.807, 2.05) is 0 Å². The lowest BCUT2D eigenvalue weighted by Gasteiger charge is -2.35. The minimum atomic E-state index is -4.50. The summed E-state index contributed by atoms with van der Waals surface area (Å²) in [6, 6.07) is 6.43. The van der Waals surface area contributed by atoms with E-state index in [1.165, 1.54) is 34.7 Å². The van der Waals surface area contributed by atoms with E-state index in [1.54, 1.807) is 18.7 Å². The standard InChI is InChI=1S/C24H25F4N5O2/c1-14(2)20(29-22(34)15-5-8-18(25)9-6-15)23(35)32-11-3-4-16(12-32)21-31-30-19-10-7-17(13-33(19)21)24(26,27)28/h5-10,13-14,16,20H,3-4,11-12H2,1-2H3,(H,29,34)/t16-,20+/m1/s1. The van der Waals surface area contributed by atoms with E-state index in [9.17, 15) is 27.2 Å². The van der Waals surface area contributed by atoms with Gasteiger partial charge in [0.05, 0.1) is 5.56 Å². The Labute approximate surface area is 199 Å². The quantitative estimate of drug-likeness (QED) is 0.547. The molecule has 186 valence electrons. The number of halogens is 4. The summed E-state index contributed by atoms with van der Waals surface area (Å²) in [5.74, 6) is -1.43. The van der Waals surface area contributed by atoms with Crippen LogP contribution < -0.4 is 5.32 Å². The fourth-order valence-corrected chi connectivity index (χ4v) is 4.28. The number of nitrogens with one attached hydrogen (secondary N) is 1. The molecule has 3 heterocycles. The number of likely N-dealkylation sites (tertiary alicyclic amines) is 1. The first-order valence-corrected chi connectivity index (χ1v) is 11.3. The van der Waals surface area contributed by atoms with E-state index in [-0.39, 0.29) is 29.9 Å². The van der Waals surface area contributed by atoms with E-state index in [2.05, 4.69) is 15.5 Å². The van der Waals surface area contributed by atoms with Crippen molar-refractivity contribution in [1.29, 1.82) is 0 Å². The normalized spacial score (nSPS) is 17.6. The molecule has 0 radical (unpaired) electrons. The van der Waals surface area contributed by atoms with Crippen molar-refractivity contribution in [2.75, 3.05) is 13.1 Å². The third kappa shape index (κ3) is 5.28. The lowest BCUT2D eigenvalue weighted by molar-refractivity contribution is -0.138. The van der Waals surface area contributed by atoms with Gasteiger partial charge in [-0.25, -0.2) is 4.39 Å². The van der Waals surface area contributed by atoms with Crippen LogP contribution in [0.4, 0.5) is 17.6 Å². The lowest BCUT2D eigenvalue weighted by atomic mass is 9.94. The molecule has 0 aliphatic carbocycles. The summed E-state index contributed by atoms with van der Waals surface area (Å²) in [5, 5.41) is 10.8. The van der Waals surface area contributed by atoms with Gasteiger partial charge in [-0.3, -0.25) is 14.0 Å². The molecule has 0 unspecified atom stereocenters. The van der Waals surface area contributed by atoms with Gasteiger partial charge in [0.1, 0.15) is 17.7 Å². The molecule has 1 aliphatic heterocycles. The fourth-order valence-electron chi connectivity index (χ4n) is 4.28. The number of carbonyl (C=O) groups is 2. The Bertz CT molecular complexity index is 1220. The smallest absolute Gasteiger partial charge is 0.340 e. The Morgan fingerprint density at radius 3 is 2.46 bits per heavy atom. The van der Waals surface area contributed by atoms with Gasteiger partial charge < -0.3 is 10.2 Å². The van der Waals surface area contributed by atoms with Crippen LogP contribution in [0.25, 0.3) is 5.65 Å². The van der Waals surface area contributed by atoms with Crippen molar-refractivity contribution in [2.45, 2.75) is 44.8 Å². The molecule has 1 N–H and O–H groups in total. The summed E-state index contributed by atoms with van der Waals surface area (Å²) in [7, 11) is 0. The Morgan fingerprint density at radius 1 is 1.09 bits per heavy atom. The van der Waals surface area contributed by atoms with Gasteiger partial charge in [-0.05, 0) is 55.2 Å². The molecule has 11 heteroatoms. The topological polar surface area (TPSA) is 79.6 Å². The Balaban J connectivity index is 1.53. The predicted octanol–water partition coefficient (Wildman–Crippen LogP) is 4.05. The van der Waals surface area contributed by atoms with Gasteiger partial charge in [0.15, 0.2) is 5.65 Å². The lowest BCUT2D eigenvalue weighted by Crippen LogP contribution is -2.53. The van der Waals surface area contributed by atoms with Crippen LogP contribution in [-0.2, 0) is 11.0 Å². The van der Waals surface area contributed by atoms with Gasteiger partial charge in [-0.1, -0.05) is 13.8 Å². The summed E-state index contributed by atoms with van der Waals surface area (Å²) < 4.78 is 54.2. The van der Waals surface area contributed by atoms with Crippen molar-refractivity contribution in [3.63, 3.8) is 0 Å². The van der Waals surface area contributed by atoms with Crippen LogP contribution >= 0.6 is 0 Å². The number of rotatable bonds is 5. The van der Waals surface area contributed by atoms with Crippen molar-refractivity contribution in [1.82, 2.24) is 24.8 Å². The van der Waals surface area contributed by atoms with E-state index < -0.39 is 29.5 Å². The first-order chi connectivity index (χ1) is 16.5. The molecule has 35 heavy (non-hydrogen) atoms. The molecule has 0 spiro atoms. The van der Waals surface area contributed by atoms with Gasteiger partial charge in [-0.15, -0.1) is 10.2 Å². The molecule has 2 aromatic heterocycles. The van der Waals surface area contributed by atoms with Crippen molar-refractivity contribution in [2.24, 2.45) is 5.92 Å². The molecule has 2 amide bonds. The van der Waals surface area contributed by atoms with Crippen LogP contribution in [0.15, 0.2) is 42.6 Å². The maximum atomic E-state index is 13.4. The monoisotopic (exact) mass is 491 g/mol. The molecule has 2 atom stereocenters. The molecule has 1 fully saturated rings. The second-order valence-corrected chi connectivity index (χ2v) is 9.03. The first kappa shape index (κ1) is 24.6. The van der Waals surface area contributed by atoms with Gasteiger partial charge in [0.25, 0.3) is 5.91 Å². The van der Waals surface area contributed by atoms with E-state index >= 15 is 0 Å². The highest BCUT2D eigenvalue weighted by Gasteiger charge is 2.35. The second-order valence-electron chi connectivity index (χ2n) is 9.03. The number of piperidine rings is 1. The van der Waals surface area contributed by atoms with Crippen molar-refractivity contribution in [3.05, 3.63) is 65.4 Å². The Hall–Kier alpha value is -3.50. The number of hydrogen-bond donors (Lipinski definition) is 1. The van der Waals surface area contributed by atoms with E-state index in [0.717, 1.165) is 12.3 Å². The van der Waals surface area contributed by atoms with E-state index in [0.29, 0.717) is 30.9 Å². The van der Waals surface area contributed by atoms with Crippen molar-refractivity contribution >= 4 is 17.5 Å². The van der Waals surface area contributed by atoms with Crippen molar-refractivity contribution in [3.8, 4) is 0 Å². The zero-order valence-corrected chi connectivity index (χ0v) is 19.2. The van der Waals surface area contributed by atoms with Crippen LogP contribution in [0, 0.1) is 11.7 Å². The van der Waals surface area contributed by atoms with Gasteiger partial charge in [-0.2, -0.15) is 13.2 Å². The SMILES string of the molecule is CC(C)[C@H](NC(=O)c1ccc(F)cc1)C(=O)N1CCC[C@@H](c2nnc3ccc(C(F)(F)F)cn23)C1. The molecule has 1 aromatic carbocycles. The number of fused-ring (bicyclic) bond motifs is 1. The minimum Gasteiger partial charge on any atom is -0.340 e. The minimum absolute atomic E-state index is 0.226. The number of hydrogen-bond acceptors (Lipinski definition) is 4. The van der Waals surface area contributed by atoms with Gasteiger partial charge in [0, 0.05) is 30.8 Å². The number of carbonyl (C=O) groups excluding carboxylic acids is 2. The molecule has 1 saturated heterocycles.